The van der Waals surface area contributed by atoms with E-state index in [-0.39, 0.29) is 6.54 Å². The van der Waals surface area contributed by atoms with Crippen LogP contribution in [-0.4, -0.2) is 23.2 Å². The molecule has 0 saturated carbocycles. The molecule has 3 nitrogen and oxygen atoms in total. The van der Waals surface area contributed by atoms with Gasteiger partial charge in [0.2, 0.25) is 0 Å². The number of pyridine rings is 1. The van der Waals surface area contributed by atoms with Crippen molar-refractivity contribution < 1.29 is 13.9 Å². The van der Waals surface area contributed by atoms with Gasteiger partial charge < -0.3 is 10.4 Å². The number of rotatable bonds is 6. The Kier molecular flexibility index (Phi) is 5.15. The van der Waals surface area contributed by atoms with Gasteiger partial charge in [-0.05, 0) is 48.4 Å². The van der Waals surface area contributed by atoms with Crippen LogP contribution in [0.4, 0.5) is 8.78 Å². The van der Waals surface area contributed by atoms with Crippen LogP contribution in [0.5, 0.6) is 0 Å². The molecule has 0 bridgehead atoms. The van der Waals surface area contributed by atoms with Crippen molar-refractivity contribution >= 4 is 0 Å². The maximum absolute atomic E-state index is 13.0. The maximum Gasteiger partial charge on any atom is 0.159 e. The summed E-state index contributed by atoms with van der Waals surface area (Å²) in [5, 5.41) is 13.0. The van der Waals surface area contributed by atoms with E-state index in [1.54, 1.807) is 12.4 Å². The molecule has 0 fully saturated rings. The number of nitrogens with zero attached hydrogens (tertiary/aromatic N) is 1. The molecule has 0 aliphatic carbocycles. The second kappa shape index (κ2) is 7.07. The summed E-state index contributed by atoms with van der Waals surface area (Å²) in [6.07, 6.45) is 3.41. The molecule has 1 unspecified atom stereocenters. The van der Waals surface area contributed by atoms with Gasteiger partial charge in [-0.25, -0.2) is 8.78 Å². The topological polar surface area (TPSA) is 45.1 Å². The lowest BCUT2D eigenvalue weighted by atomic mass is 10.1. The van der Waals surface area contributed by atoms with Crippen molar-refractivity contribution in [3.05, 3.63) is 65.5 Å². The molecule has 0 spiro atoms. The lowest BCUT2D eigenvalue weighted by molar-refractivity contribution is 0.174. The summed E-state index contributed by atoms with van der Waals surface area (Å²) < 4.78 is 25.8. The second-order valence-electron chi connectivity index (χ2n) is 4.50. The van der Waals surface area contributed by atoms with Gasteiger partial charge in [-0.2, -0.15) is 0 Å². The van der Waals surface area contributed by atoms with E-state index >= 15 is 0 Å². The predicted octanol–water partition coefficient (Wildman–Crippen LogP) is 2.23. The molecule has 2 rings (SSSR count). The van der Waals surface area contributed by atoms with Crippen molar-refractivity contribution in [2.24, 2.45) is 0 Å². The number of hydrogen-bond acceptors (Lipinski definition) is 3. The van der Waals surface area contributed by atoms with Gasteiger partial charge in [0.05, 0.1) is 6.10 Å². The van der Waals surface area contributed by atoms with E-state index in [9.17, 15) is 13.9 Å². The van der Waals surface area contributed by atoms with Crippen molar-refractivity contribution in [2.75, 3.05) is 13.1 Å². The van der Waals surface area contributed by atoms with Crippen LogP contribution in [0.2, 0.25) is 0 Å². The molecule has 1 atom stereocenters. The van der Waals surface area contributed by atoms with Gasteiger partial charge >= 0.3 is 0 Å². The number of aliphatic hydroxyl groups excluding tert-OH is 1. The summed E-state index contributed by atoms with van der Waals surface area (Å²) in [4.78, 5) is 3.93. The van der Waals surface area contributed by atoms with Crippen LogP contribution in [0.1, 0.15) is 17.2 Å². The first-order valence-electron chi connectivity index (χ1n) is 6.39. The van der Waals surface area contributed by atoms with E-state index in [0.29, 0.717) is 12.1 Å². The number of hydrogen-bond donors (Lipinski definition) is 2. The van der Waals surface area contributed by atoms with Crippen LogP contribution in [0.15, 0.2) is 42.7 Å². The molecule has 5 heteroatoms. The first-order chi connectivity index (χ1) is 9.66. The summed E-state index contributed by atoms with van der Waals surface area (Å²) in [6.45, 7) is 0.973. The number of aromatic nitrogens is 1. The average Bonchev–Trinajstić information content (AvgIpc) is 2.47. The zero-order chi connectivity index (χ0) is 14.4. The quantitative estimate of drug-likeness (QED) is 0.796. The van der Waals surface area contributed by atoms with E-state index in [2.05, 4.69) is 10.3 Å². The van der Waals surface area contributed by atoms with Gasteiger partial charge in [0.25, 0.3) is 0 Å². The molecule has 1 aromatic carbocycles. The Morgan fingerprint density at radius 1 is 1.10 bits per heavy atom. The highest BCUT2D eigenvalue weighted by atomic mass is 19.2. The van der Waals surface area contributed by atoms with E-state index in [0.717, 1.165) is 24.1 Å². The molecular weight excluding hydrogens is 262 g/mol. The van der Waals surface area contributed by atoms with E-state index in [4.69, 9.17) is 0 Å². The lowest BCUT2D eigenvalue weighted by Crippen LogP contribution is -2.23. The Hall–Kier alpha value is -1.85. The Labute approximate surface area is 116 Å². The molecule has 2 N–H and O–H groups in total. The number of halogens is 2. The molecule has 0 saturated heterocycles. The van der Waals surface area contributed by atoms with Gasteiger partial charge in [0, 0.05) is 18.9 Å². The van der Waals surface area contributed by atoms with E-state index < -0.39 is 17.7 Å². The number of benzene rings is 1. The van der Waals surface area contributed by atoms with Crippen LogP contribution in [-0.2, 0) is 6.42 Å². The fourth-order valence-corrected chi connectivity index (χ4v) is 1.86. The molecule has 2 aromatic rings. The van der Waals surface area contributed by atoms with Crippen molar-refractivity contribution in [2.45, 2.75) is 12.5 Å². The maximum atomic E-state index is 13.0. The Balaban J connectivity index is 1.77. The second-order valence-corrected chi connectivity index (χ2v) is 4.50. The van der Waals surface area contributed by atoms with Gasteiger partial charge in [0.1, 0.15) is 0 Å². The molecule has 0 aliphatic rings. The smallest absolute Gasteiger partial charge is 0.159 e. The van der Waals surface area contributed by atoms with E-state index in [1.165, 1.54) is 6.07 Å². The molecule has 106 valence electrons. The summed E-state index contributed by atoms with van der Waals surface area (Å²) in [6, 6.07) is 7.27. The third kappa shape index (κ3) is 4.08. The molecule has 1 aromatic heterocycles. The molecule has 0 amide bonds. The van der Waals surface area contributed by atoms with E-state index in [1.807, 2.05) is 12.1 Å². The Bertz CT molecular complexity index is 549. The normalized spacial score (nSPS) is 12.3. The minimum Gasteiger partial charge on any atom is -0.387 e. The third-order valence-electron chi connectivity index (χ3n) is 3.01. The monoisotopic (exact) mass is 278 g/mol. The summed E-state index contributed by atoms with van der Waals surface area (Å²) in [5.74, 6) is -1.86. The molecule has 0 aliphatic heterocycles. The van der Waals surface area contributed by atoms with Gasteiger partial charge in [-0.1, -0.05) is 6.07 Å². The lowest BCUT2D eigenvalue weighted by Gasteiger charge is -2.12. The van der Waals surface area contributed by atoms with Crippen LogP contribution < -0.4 is 5.32 Å². The first-order valence-corrected chi connectivity index (χ1v) is 6.39. The van der Waals surface area contributed by atoms with Gasteiger partial charge in [0.15, 0.2) is 11.6 Å². The number of aliphatic hydroxyl groups is 1. The highest BCUT2D eigenvalue weighted by molar-refractivity contribution is 5.20. The van der Waals surface area contributed by atoms with Crippen LogP contribution in [0, 0.1) is 11.6 Å². The van der Waals surface area contributed by atoms with Crippen LogP contribution in [0.25, 0.3) is 0 Å². The average molecular weight is 278 g/mol. The zero-order valence-electron chi connectivity index (χ0n) is 10.9. The van der Waals surface area contributed by atoms with Crippen LogP contribution in [0.3, 0.4) is 0 Å². The fourth-order valence-electron chi connectivity index (χ4n) is 1.86. The fraction of sp³-hybridized carbons (Fsp3) is 0.267. The number of nitrogens with one attached hydrogen (secondary N) is 1. The SMILES string of the molecule is OC(CNCCc1ccncc1)c1ccc(F)c(F)c1. The molecule has 0 radical (unpaired) electrons. The minimum absolute atomic E-state index is 0.288. The largest absolute Gasteiger partial charge is 0.387 e. The first kappa shape index (κ1) is 14.6. The van der Waals surface area contributed by atoms with Gasteiger partial charge in [-0.15, -0.1) is 0 Å². The van der Waals surface area contributed by atoms with Crippen molar-refractivity contribution in [1.29, 1.82) is 0 Å². The summed E-state index contributed by atoms with van der Waals surface area (Å²) >= 11 is 0. The molecule has 1 heterocycles. The summed E-state index contributed by atoms with van der Waals surface area (Å²) in [5.41, 5.74) is 1.51. The Morgan fingerprint density at radius 3 is 2.55 bits per heavy atom. The van der Waals surface area contributed by atoms with Crippen LogP contribution >= 0.6 is 0 Å². The highest BCUT2D eigenvalue weighted by Crippen LogP contribution is 2.15. The standard InChI is InChI=1S/C15H16F2N2O/c16-13-2-1-12(9-14(13)17)15(20)10-19-8-5-11-3-6-18-7-4-11/h1-4,6-7,9,15,19-20H,5,8,10H2. The molecular formula is C15H16F2N2O. The third-order valence-corrected chi connectivity index (χ3v) is 3.01. The van der Waals surface area contributed by atoms with Crippen molar-refractivity contribution in [3.63, 3.8) is 0 Å². The summed E-state index contributed by atoms with van der Waals surface area (Å²) in [7, 11) is 0. The zero-order valence-corrected chi connectivity index (χ0v) is 10.9. The van der Waals surface area contributed by atoms with Gasteiger partial charge in [-0.3, -0.25) is 4.98 Å². The Morgan fingerprint density at radius 2 is 1.85 bits per heavy atom. The predicted molar refractivity (Wildman–Crippen MR) is 72.1 cm³/mol. The molecule has 20 heavy (non-hydrogen) atoms. The highest BCUT2D eigenvalue weighted by Gasteiger charge is 2.10. The minimum atomic E-state index is -0.946. The van der Waals surface area contributed by atoms with Crippen molar-refractivity contribution in [1.82, 2.24) is 10.3 Å². The van der Waals surface area contributed by atoms with Crippen molar-refractivity contribution in [3.8, 4) is 0 Å².